The first-order valence-electron chi connectivity index (χ1n) is 5.66. The minimum absolute atomic E-state index is 0.138. The van der Waals surface area contributed by atoms with E-state index >= 15 is 0 Å². The van der Waals surface area contributed by atoms with Crippen molar-refractivity contribution in [1.29, 1.82) is 0 Å². The van der Waals surface area contributed by atoms with Crippen LogP contribution in [0.2, 0.25) is 0 Å². The summed E-state index contributed by atoms with van der Waals surface area (Å²) in [5.41, 5.74) is 0. The van der Waals surface area contributed by atoms with Crippen LogP contribution in [0, 0.1) is 5.92 Å². The molecule has 0 aromatic heterocycles. The van der Waals surface area contributed by atoms with Crippen LogP contribution in [-0.2, 0) is 4.74 Å². The van der Waals surface area contributed by atoms with Crippen molar-refractivity contribution in [3.8, 4) is 0 Å². The molecule has 1 N–H and O–H groups in total. The molecule has 76 valence electrons. The van der Waals surface area contributed by atoms with E-state index in [-0.39, 0.29) is 12.7 Å². The molecule has 1 aliphatic heterocycles. The molecular formula is C11H20O2. The Kier molecular flexibility index (Phi) is 3.23. The lowest BCUT2D eigenvalue weighted by Crippen LogP contribution is -2.34. The normalized spacial score (nSPS) is 36.7. The van der Waals surface area contributed by atoms with Crippen molar-refractivity contribution >= 4 is 0 Å². The zero-order valence-electron chi connectivity index (χ0n) is 8.24. The van der Waals surface area contributed by atoms with Crippen LogP contribution in [-0.4, -0.2) is 23.9 Å². The van der Waals surface area contributed by atoms with Gasteiger partial charge in [-0.25, -0.2) is 0 Å². The number of aliphatic hydroxyl groups is 1. The predicted molar refractivity (Wildman–Crippen MR) is 51.6 cm³/mol. The fraction of sp³-hybridized carbons (Fsp3) is 1.00. The van der Waals surface area contributed by atoms with Crippen molar-refractivity contribution in [1.82, 2.24) is 0 Å². The van der Waals surface area contributed by atoms with Gasteiger partial charge in [-0.2, -0.15) is 0 Å². The van der Waals surface area contributed by atoms with Crippen molar-refractivity contribution in [2.75, 3.05) is 6.61 Å². The van der Waals surface area contributed by atoms with Gasteiger partial charge in [-0.3, -0.25) is 0 Å². The van der Waals surface area contributed by atoms with Crippen molar-refractivity contribution in [3.05, 3.63) is 0 Å². The first-order valence-corrected chi connectivity index (χ1v) is 5.66. The molecule has 0 aromatic rings. The van der Waals surface area contributed by atoms with Gasteiger partial charge in [0.2, 0.25) is 0 Å². The summed E-state index contributed by atoms with van der Waals surface area (Å²) in [6, 6.07) is 0. The molecular weight excluding hydrogens is 164 g/mol. The quantitative estimate of drug-likeness (QED) is 0.712. The third kappa shape index (κ3) is 2.23. The second kappa shape index (κ2) is 4.43. The second-order valence-corrected chi connectivity index (χ2v) is 4.45. The maximum Gasteiger partial charge on any atom is 0.0809 e. The van der Waals surface area contributed by atoms with Crippen LogP contribution < -0.4 is 0 Å². The lowest BCUT2D eigenvalue weighted by molar-refractivity contribution is -0.0941. The van der Waals surface area contributed by atoms with Crippen molar-refractivity contribution in [3.63, 3.8) is 0 Å². The minimum atomic E-state index is 0.138. The Bertz CT molecular complexity index is 152. The smallest absolute Gasteiger partial charge is 0.0809 e. The van der Waals surface area contributed by atoms with Crippen LogP contribution >= 0.6 is 0 Å². The maximum absolute atomic E-state index is 9.03. The zero-order valence-corrected chi connectivity index (χ0v) is 8.24. The fourth-order valence-electron chi connectivity index (χ4n) is 2.74. The van der Waals surface area contributed by atoms with Gasteiger partial charge in [0.1, 0.15) is 0 Å². The van der Waals surface area contributed by atoms with Crippen molar-refractivity contribution in [2.45, 2.75) is 57.2 Å². The Morgan fingerprint density at radius 3 is 2.46 bits per heavy atom. The molecule has 2 heteroatoms. The van der Waals surface area contributed by atoms with Crippen LogP contribution in [0.5, 0.6) is 0 Å². The minimum Gasteiger partial charge on any atom is -0.394 e. The SMILES string of the molecule is OCC1CCCC(C2CCCC2)O1. The largest absolute Gasteiger partial charge is 0.394 e. The first-order chi connectivity index (χ1) is 6.40. The molecule has 2 nitrogen and oxygen atoms in total. The molecule has 0 bridgehead atoms. The Morgan fingerprint density at radius 1 is 1.00 bits per heavy atom. The third-order valence-electron chi connectivity index (χ3n) is 3.51. The molecule has 0 radical (unpaired) electrons. The van der Waals surface area contributed by atoms with E-state index < -0.39 is 0 Å². The molecule has 2 unspecified atom stereocenters. The van der Waals surface area contributed by atoms with Gasteiger partial charge >= 0.3 is 0 Å². The summed E-state index contributed by atoms with van der Waals surface area (Å²) in [4.78, 5) is 0. The third-order valence-corrected chi connectivity index (χ3v) is 3.51. The average molecular weight is 184 g/mol. The highest BCUT2D eigenvalue weighted by Gasteiger charge is 2.30. The molecule has 2 aliphatic rings. The van der Waals surface area contributed by atoms with Gasteiger partial charge in [-0.05, 0) is 38.0 Å². The topological polar surface area (TPSA) is 29.5 Å². The van der Waals surface area contributed by atoms with E-state index in [2.05, 4.69) is 0 Å². The molecule has 1 saturated carbocycles. The maximum atomic E-state index is 9.03. The van der Waals surface area contributed by atoms with Crippen LogP contribution in [0.4, 0.5) is 0 Å². The van der Waals surface area contributed by atoms with E-state index in [0.717, 1.165) is 12.3 Å². The standard InChI is InChI=1S/C11H20O2/c12-8-10-6-3-7-11(13-10)9-4-1-2-5-9/h9-12H,1-8H2. The second-order valence-electron chi connectivity index (χ2n) is 4.45. The van der Waals surface area contributed by atoms with Gasteiger partial charge in [0.15, 0.2) is 0 Å². The van der Waals surface area contributed by atoms with Crippen LogP contribution in [0.15, 0.2) is 0 Å². The van der Waals surface area contributed by atoms with Crippen molar-refractivity contribution < 1.29 is 9.84 Å². The van der Waals surface area contributed by atoms with E-state index in [0.29, 0.717) is 6.10 Å². The Labute approximate surface area is 80.3 Å². The monoisotopic (exact) mass is 184 g/mol. The molecule has 0 spiro atoms. The van der Waals surface area contributed by atoms with E-state index in [1.54, 1.807) is 0 Å². The van der Waals surface area contributed by atoms with Crippen molar-refractivity contribution in [2.24, 2.45) is 5.92 Å². The van der Waals surface area contributed by atoms with Gasteiger partial charge in [-0.15, -0.1) is 0 Å². The summed E-state index contributed by atoms with van der Waals surface area (Å²) >= 11 is 0. The highest BCUT2D eigenvalue weighted by atomic mass is 16.5. The van der Waals surface area contributed by atoms with E-state index in [1.807, 2.05) is 0 Å². The first kappa shape index (κ1) is 9.47. The molecule has 0 amide bonds. The number of aliphatic hydroxyl groups excluding tert-OH is 1. The summed E-state index contributed by atoms with van der Waals surface area (Å²) in [5.74, 6) is 0.800. The molecule has 1 aliphatic carbocycles. The summed E-state index contributed by atoms with van der Waals surface area (Å²) in [6.45, 7) is 0.212. The molecule has 0 aromatic carbocycles. The Balaban J connectivity index is 1.84. The molecule has 2 atom stereocenters. The predicted octanol–water partition coefficient (Wildman–Crippen LogP) is 2.11. The molecule has 13 heavy (non-hydrogen) atoms. The van der Waals surface area contributed by atoms with Crippen LogP contribution in [0.3, 0.4) is 0 Å². The van der Waals surface area contributed by atoms with Gasteiger partial charge in [-0.1, -0.05) is 12.8 Å². The fourth-order valence-corrected chi connectivity index (χ4v) is 2.74. The molecule has 1 saturated heterocycles. The summed E-state index contributed by atoms with van der Waals surface area (Å²) in [7, 11) is 0. The van der Waals surface area contributed by atoms with Gasteiger partial charge < -0.3 is 9.84 Å². The van der Waals surface area contributed by atoms with Gasteiger partial charge in [0, 0.05) is 0 Å². The van der Waals surface area contributed by atoms with E-state index in [1.165, 1.54) is 38.5 Å². The molecule has 1 heterocycles. The lowest BCUT2D eigenvalue weighted by Gasteiger charge is -2.32. The highest BCUT2D eigenvalue weighted by Crippen LogP contribution is 2.34. The highest BCUT2D eigenvalue weighted by molar-refractivity contribution is 4.80. The number of hydrogen-bond donors (Lipinski definition) is 1. The number of hydrogen-bond acceptors (Lipinski definition) is 2. The number of rotatable bonds is 2. The van der Waals surface area contributed by atoms with E-state index in [9.17, 15) is 0 Å². The zero-order chi connectivity index (χ0) is 9.10. The summed E-state index contributed by atoms with van der Waals surface area (Å²) in [5, 5.41) is 9.03. The van der Waals surface area contributed by atoms with Crippen LogP contribution in [0.25, 0.3) is 0 Å². The van der Waals surface area contributed by atoms with Gasteiger partial charge in [0.05, 0.1) is 18.8 Å². The number of ether oxygens (including phenoxy) is 1. The van der Waals surface area contributed by atoms with Crippen LogP contribution in [0.1, 0.15) is 44.9 Å². The Morgan fingerprint density at radius 2 is 1.77 bits per heavy atom. The molecule has 2 rings (SSSR count). The summed E-state index contributed by atoms with van der Waals surface area (Å²) < 4.78 is 5.87. The van der Waals surface area contributed by atoms with Gasteiger partial charge in [0.25, 0.3) is 0 Å². The Hall–Kier alpha value is -0.0800. The lowest BCUT2D eigenvalue weighted by atomic mass is 9.93. The summed E-state index contributed by atoms with van der Waals surface area (Å²) in [6.07, 6.45) is 9.59. The average Bonchev–Trinajstić information content (AvgIpc) is 2.71. The molecule has 2 fully saturated rings. The van der Waals surface area contributed by atoms with E-state index in [4.69, 9.17) is 9.84 Å².